The van der Waals surface area contributed by atoms with Crippen LogP contribution in [-0.2, 0) is 4.74 Å². The summed E-state index contributed by atoms with van der Waals surface area (Å²) in [7, 11) is 0. The van der Waals surface area contributed by atoms with Gasteiger partial charge in [-0.1, -0.05) is 12.2 Å². The van der Waals surface area contributed by atoms with Crippen LogP contribution < -0.4 is 5.32 Å². The molecular weight excluding hydrogens is 395 g/mol. The van der Waals surface area contributed by atoms with Crippen LogP contribution >= 0.6 is 24.0 Å². The summed E-state index contributed by atoms with van der Waals surface area (Å²) in [5.41, 5.74) is 0. The summed E-state index contributed by atoms with van der Waals surface area (Å²) < 4.78 is 5.03. The van der Waals surface area contributed by atoms with Crippen molar-refractivity contribution in [1.82, 2.24) is 15.1 Å². The van der Waals surface area contributed by atoms with Gasteiger partial charge in [-0.25, -0.2) is 4.79 Å². The molecule has 0 radical (unpaired) electrons. The second kappa shape index (κ2) is 12.5. The van der Waals surface area contributed by atoms with Crippen LogP contribution in [0.3, 0.4) is 0 Å². The minimum absolute atomic E-state index is 0. The van der Waals surface area contributed by atoms with Gasteiger partial charge in [0.05, 0.1) is 6.61 Å². The number of halogens is 1. The molecule has 1 heterocycles. The highest BCUT2D eigenvalue weighted by Gasteiger charge is 2.23. The number of allylic oxidation sites excluding steroid dienone is 1. The van der Waals surface area contributed by atoms with Crippen molar-refractivity contribution in [3.63, 3.8) is 0 Å². The van der Waals surface area contributed by atoms with Gasteiger partial charge in [-0.3, -0.25) is 4.99 Å². The summed E-state index contributed by atoms with van der Waals surface area (Å²) in [6, 6.07) is 0. The van der Waals surface area contributed by atoms with Crippen LogP contribution in [0.1, 0.15) is 27.2 Å². The number of rotatable bonds is 5. The minimum Gasteiger partial charge on any atom is -0.450 e. The van der Waals surface area contributed by atoms with Gasteiger partial charge in [0.1, 0.15) is 0 Å². The first-order valence-corrected chi connectivity index (χ1v) is 7.79. The quantitative estimate of drug-likeness (QED) is 0.242. The minimum atomic E-state index is -0.216. The molecule has 1 amide bonds. The molecule has 1 aliphatic heterocycles. The van der Waals surface area contributed by atoms with Crippen LogP contribution in [0.2, 0.25) is 0 Å². The third kappa shape index (κ3) is 7.33. The Hall–Kier alpha value is -0.990. The molecule has 1 rings (SSSR count). The first kappa shape index (κ1) is 21.0. The van der Waals surface area contributed by atoms with Gasteiger partial charge >= 0.3 is 6.09 Å². The molecule has 0 aliphatic carbocycles. The lowest BCUT2D eigenvalue weighted by molar-refractivity contribution is 0.0914. The molecule has 1 fully saturated rings. The van der Waals surface area contributed by atoms with E-state index in [9.17, 15) is 4.79 Å². The Morgan fingerprint density at radius 3 is 2.41 bits per heavy atom. The number of hydrogen-bond acceptors (Lipinski definition) is 3. The number of piperazine rings is 1. The maximum Gasteiger partial charge on any atom is 0.409 e. The number of carbonyl (C=O) groups is 1. The average Bonchev–Trinajstić information content (AvgIpc) is 2.51. The molecule has 0 aromatic heterocycles. The van der Waals surface area contributed by atoms with Gasteiger partial charge in [0.25, 0.3) is 0 Å². The number of guanidine groups is 1. The first-order valence-electron chi connectivity index (χ1n) is 7.79. The van der Waals surface area contributed by atoms with E-state index in [-0.39, 0.29) is 30.1 Å². The standard InChI is InChI=1S/C15H28N4O2.HI/c1-4-7-8-9-17-14(16-5-2)18-10-12-19(13-11-18)15(20)21-6-3;/h4,7H,5-6,8-13H2,1-3H3,(H,16,17);1H/b7-4+;. The summed E-state index contributed by atoms with van der Waals surface area (Å²) in [6.07, 6.45) is 4.90. The van der Waals surface area contributed by atoms with Crippen LogP contribution in [0, 0.1) is 0 Å². The highest BCUT2D eigenvalue weighted by molar-refractivity contribution is 14.0. The maximum absolute atomic E-state index is 11.7. The molecular formula is C15H29IN4O2. The van der Waals surface area contributed by atoms with Gasteiger partial charge in [-0.2, -0.15) is 0 Å². The first-order chi connectivity index (χ1) is 10.2. The Kier molecular flexibility index (Phi) is 12.0. The number of hydrogen-bond donors (Lipinski definition) is 1. The maximum atomic E-state index is 11.7. The lowest BCUT2D eigenvalue weighted by atomic mass is 10.3. The van der Waals surface area contributed by atoms with E-state index < -0.39 is 0 Å². The number of amides is 1. The molecule has 0 atom stereocenters. The zero-order valence-corrected chi connectivity index (χ0v) is 16.2. The topological polar surface area (TPSA) is 57.2 Å². The summed E-state index contributed by atoms with van der Waals surface area (Å²) in [5.74, 6) is 0.936. The highest BCUT2D eigenvalue weighted by atomic mass is 127. The molecule has 128 valence electrons. The van der Waals surface area contributed by atoms with Gasteiger partial charge in [0.15, 0.2) is 5.96 Å². The van der Waals surface area contributed by atoms with Crippen molar-refractivity contribution in [3.8, 4) is 0 Å². The largest absolute Gasteiger partial charge is 0.450 e. The predicted octanol–water partition coefficient (Wildman–Crippen LogP) is 2.31. The Morgan fingerprint density at radius 2 is 1.86 bits per heavy atom. The Balaban J connectivity index is 0.00000441. The molecule has 1 aliphatic rings. The Morgan fingerprint density at radius 1 is 1.23 bits per heavy atom. The van der Waals surface area contributed by atoms with Crippen LogP contribution in [0.15, 0.2) is 17.1 Å². The Bertz CT molecular complexity index is 367. The fourth-order valence-electron chi connectivity index (χ4n) is 2.15. The summed E-state index contributed by atoms with van der Waals surface area (Å²) in [6.45, 7) is 10.9. The molecule has 0 bridgehead atoms. The van der Waals surface area contributed by atoms with Crippen molar-refractivity contribution in [2.45, 2.75) is 27.2 Å². The number of aliphatic imine (C=N–C) groups is 1. The predicted molar refractivity (Wildman–Crippen MR) is 101 cm³/mol. The van der Waals surface area contributed by atoms with Crippen molar-refractivity contribution in [1.29, 1.82) is 0 Å². The second-order valence-corrected chi connectivity index (χ2v) is 4.77. The Labute approximate surface area is 151 Å². The van der Waals surface area contributed by atoms with Crippen LogP contribution in [0.25, 0.3) is 0 Å². The smallest absolute Gasteiger partial charge is 0.409 e. The number of nitrogens with one attached hydrogen (secondary N) is 1. The van der Waals surface area contributed by atoms with Gasteiger partial charge in [-0.05, 0) is 27.2 Å². The van der Waals surface area contributed by atoms with Gasteiger partial charge in [0, 0.05) is 39.3 Å². The molecule has 7 heteroatoms. The molecule has 6 nitrogen and oxygen atoms in total. The fourth-order valence-corrected chi connectivity index (χ4v) is 2.15. The fraction of sp³-hybridized carbons (Fsp3) is 0.733. The van der Waals surface area contributed by atoms with Crippen molar-refractivity contribution in [2.24, 2.45) is 4.99 Å². The van der Waals surface area contributed by atoms with E-state index >= 15 is 0 Å². The van der Waals surface area contributed by atoms with E-state index in [1.807, 2.05) is 19.9 Å². The lowest BCUT2D eigenvalue weighted by Gasteiger charge is -2.35. The van der Waals surface area contributed by atoms with E-state index in [4.69, 9.17) is 4.74 Å². The van der Waals surface area contributed by atoms with Crippen LogP contribution in [-0.4, -0.2) is 67.7 Å². The number of ether oxygens (including phenoxy) is 1. The van der Waals surface area contributed by atoms with Crippen LogP contribution in [0.5, 0.6) is 0 Å². The second-order valence-electron chi connectivity index (χ2n) is 4.77. The third-order valence-corrected chi connectivity index (χ3v) is 3.23. The molecule has 0 aromatic carbocycles. The van der Waals surface area contributed by atoms with Crippen molar-refractivity contribution < 1.29 is 9.53 Å². The van der Waals surface area contributed by atoms with Gasteiger partial charge in [0.2, 0.25) is 0 Å². The summed E-state index contributed by atoms with van der Waals surface area (Å²) >= 11 is 0. The summed E-state index contributed by atoms with van der Waals surface area (Å²) in [4.78, 5) is 20.3. The molecule has 1 N–H and O–H groups in total. The highest BCUT2D eigenvalue weighted by Crippen LogP contribution is 2.04. The van der Waals surface area contributed by atoms with Gasteiger partial charge in [-0.15, -0.1) is 24.0 Å². The molecule has 0 spiro atoms. The number of nitrogens with zero attached hydrogens (tertiary/aromatic N) is 3. The SMILES string of the molecule is C/C=C/CCN=C(NCC)N1CCN(C(=O)OCC)CC1.I. The molecule has 1 saturated heterocycles. The van der Waals surface area contributed by atoms with E-state index in [0.29, 0.717) is 19.7 Å². The monoisotopic (exact) mass is 424 g/mol. The zero-order chi connectivity index (χ0) is 15.5. The number of carbonyl (C=O) groups excluding carboxylic acids is 1. The summed E-state index contributed by atoms with van der Waals surface area (Å²) in [5, 5.41) is 3.32. The normalized spacial score (nSPS) is 15.7. The molecule has 0 unspecified atom stereocenters. The average molecular weight is 424 g/mol. The van der Waals surface area contributed by atoms with Crippen molar-refractivity contribution >= 4 is 36.0 Å². The van der Waals surface area contributed by atoms with Crippen LogP contribution in [0.4, 0.5) is 4.79 Å². The lowest BCUT2D eigenvalue weighted by Crippen LogP contribution is -2.53. The van der Waals surface area contributed by atoms with E-state index in [2.05, 4.69) is 28.2 Å². The molecule has 22 heavy (non-hydrogen) atoms. The molecule has 0 saturated carbocycles. The van der Waals surface area contributed by atoms with E-state index in [1.165, 1.54) is 0 Å². The van der Waals surface area contributed by atoms with Gasteiger partial charge < -0.3 is 19.9 Å². The zero-order valence-electron chi connectivity index (χ0n) is 13.9. The molecule has 0 aromatic rings. The van der Waals surface area contributed by atoms with Crippen molar-refractivity contribution in [3.05, 3.63) is 12.2 Å². The van der Waals surface area contributed by atoms with Crippen molar-refractivity contribution in [2.75, 3.05) is 45.9 Å². The van der Waals surface area contributed by atoms with E-state index in [0.717, 1.165) is 38.6 Å². The third-order valence-electron chi connectivity index (χ3n) is 3.23. The van der Waals surface area contributed by atoms with E-state index in [1.54, 1.807) is 4.90 Å².